The predicted molar refractivity (Wildman–Crippen MR) is 61.7 cm³/mol. The number of aromatic nitrogens is 1. The van der Waals surface area contributed by atoms with Crippen molar-refractivity contribution in [1.82, 2.24) is 10.3 Å². The second kappa shape index (κ2) is 5.80. The molecule has 0 aliphatic carbocycles. The molecule has 98 valence electrons. The van der Waals surface area contributed by atoms with Gasteiger partial charge in [0, 0.05) is 11.8 Å². The summed E-state index contributed by atoms with van der Waals surface area (Å²) in [5.41, 5.74) is 0.342. The van der Waals surface area contributed by atoms with Crippen LogP contribution >= 0.6 is 0 Å². The SMILES string of the molecule is Cc1cc([N+](=O)[O-])cc(OCC(C)NC(=O)O)n1. The minimum Gasteiger partial charge on any atom is -0.475 e. The fraction of sp³-hybridized carbons (Fsp3) is 0.400. The molecular formula is C10H13N3O5. The van der Waals surface area contributed by atoms with Crippen molar-refractivity contribution in [2.45, 2.75) is 19.9 Å². The van der Waals surface area contributed by atoms with Crippen molar-refractivity contribution in [1.29, 1.82) is 0 Å². The molecule has 0 aromatic carbocycles. The van der Waals surface area contributed by atoms with Crippen LogP contribution in [0.5, 0.6) is 5.88 Å². The van der Waals surface area contributed by atoms with Gasteiger partial charge >= 0.3 is 6.09 Å². The van der Waals surface area contributed by atoms with Crippen LogP contribution in [0.4, 0.5) is 10.5 Å². The van der Waals surface area contributed by atoms with Gasteiger partial charge in [0.05, 0.1) is 17.0 Å². The summed E-state index contributed by atoms with van der Waals surface area (Å²) in [4.78, 5) is 24.4. The number of aryl methyl sites for hydroxylation is 1. The minimum atomic E-state index is -1.16. The summed E-state index contributed by atoms with van der Waals surface area (Å²) in [6, 6.07) is 2.08. The molecule has 8 nitrogen and oxygen atoms in total. The number of carboxylic acid groups (broad SMARTS) is 1. The van der Waals surface area contributed by atoms with Gasteiger partial charge in [0.2, 0.25) is 5.88 Å². The maximum Gasteiger partial charge on any atom is 0.404 e. The van der Waals surface area contributed by atoms with Crippen molar-refractivity contribution >= 4 is 11.8 Å². The highest BCUT2D eigenvalue weighted by atomic mass is 16.6. The fourth-order valence-corrected chi connectivity index (χ4v) is 1.26. The van der Waals surface area contributed by atoms with Crippen LogP contribution in [-0.2, 0) is 0 Å². The van der Waals surface area contributed by atoms with Crippen LogP contribution in [0.3, 0.4) is 0 Å². The van der Waals surface area contributed by atoms with Crippen molar-refractivity contribution in [3.05, 3.63) is 27.9 Å². The first-order valence-electron chi connectivity index (χ1n) is 5.14. The van der Waals surface area contributed by atoms with Gasteiger partial charge in [-0.05, 0) is 13.8 Å². The van der Waals surface area contributed by atoms with Gasteiger partial charge in [-0.15, -0.1) is 0 Å². The number of pyridine rings is 1. The van der Waals surface area contributed by atoms with E-state index in [1.165, 1.54) is 12.1 Å². The van der Waals surface area contributed by atoms with Crippen LogP contribution in [0.25, 0.3) is 0 Å². The van der Waals surface area contributed by atoms with E-state index in [4.69, 9.17) is 9.84 Å². The normalized spacial score (nSPS) is 11.7. The lowest BCUT2D eigenvalue weighted by molar-refractivity contribution is -0.385. The lowest BCUT2D eigenvalue weighted by Crippen LogP contribution is -2.35. The molecule has 1 heterocycles. The van der Waals surface area contributed by atoms with Crippen LogP contribution in [0, 0.1) is 17.0 Å². The highest BCUT2D eigenvalue weighted by Gasteiger charge is 2.12. The Morgan fingerprint density at radius 1 is 1.67 bits per heavy atom. The average Bonchev–Trinajstić information content (AvgIpc) is 2.24. The summed E-state index contributed by atoms with van der Waals surface area (Å²) in [5.74, 6) is 0.0979. The van der Waals surface area contributed by atoms with Gasteiger partial charge in [-0.2, -0.15) is 0 Å². The second-order valence-electron chi connectivity index (χ2n) is 3.72. The Hall–Kier alpha value is -2.38. The Morgan fingerprint density at radius 3 is 2.89 bits per heavy atom. The van der Waals surface area contributed by atoms with Crippen molar-refractivity contribution in [3.63, 3.8) is 0 Å². The van der Waals surface area contributed by atoms with Crippen molar-refractivity contribution in [2.24, 2.45) is 0 Å². The molecule has 0 saturated heterocycles. The van der Waals surface area contributed by atoms with E-state index in [0.29, 0.717) is 5.69 Å². The summed E-state index contributed by atoms with van der Waals surface area (Å²) in [6.45, 7) is 3.26. The number of nitrogens with zero attached hydrogens (tertiary/aromatic N) is 2. The van der Waals surface area contributed by atoms with Gasteiger partial charge in [0.25, 0.3) is 5.69 Å². The third kappa shape index (κ3) is 4.24. The number of hydrogen-bond acceptors (Lipinski definition) is 5. The van der Waals surface area contributed by atoms with Crippen LogP contribution in [-0.4, -0.2) is 33.8 Å². The zero-order valence-corrected chi connectivity index (χ0v) is 9.91. The molecular weight excluding hydrogens is 242 g/mol. The Balaban J connectivity index is 2.67. The number of nitro groups is 1. The second-order valence-corrected chi connectivity index (χ2v) is 3.72. The standard InChI is InChI=1S/C10H13N3O5/c1-6-3-8(13(16)17)4-9(11-6)18-5-7(2)12-10(14)15/h3-4,7,12H,5H2,1-2H3,(H,14,15). The summed E-state index contributed by atoms with van der Waals surface area (Å²) >= 11 is 0. The Bertz CT molecular complexity index is 463. The Kier molecular flexibility index (Phi) is 4.41. The van der Waals surface area contributed by atoms with Gasteiger partial charge < -0.3 is 15.2 Å². The minimum absolute atomic E-state index is 0.0416. The van der Waals surface area contributed by atoms with E-state index in [0.717, 1.165) is 0 Å². The number of amides is 1. The third-order valence-corrected chi connectivity index (χ3v) is 1.98. The number of rotatable bonds is 5. The third-order valence-electron chi connectivity index (χ3n) is 1.98. The van der Waals surface area contributed by atoms with Crippen LogP contribution < -0.4 is 10.1 Å². The van der Waals surface area contributed by atoms with Gasteiger partial charge in [0.1, 0.15) is 6.61 Å². The predicted octanol–water partition coefficient (Wildman–Crippen LogP) is 1.33. The highest BCUT2D eigenvalue weighted by molar-refractivity contribution is 5.64. The summed E-state index contributed by atoms with van der Waals surface area (Å²) in [5, 5.41) is 21.3. The molecule has 1 atom stereocenters. The molecule has 0 spiro atoms. The van der Waals surface area contributed by atoms with E-state index in [9.17, 15) is 14.9 Å². The molecule has 0 bridgehead atoms. The van der Waals surface area contributed by atoms with Crippen molar-refractivity contribution in [2.75, 3.05) is 6.61 Å². The molecule has 1 unspecified atom stereocenters. The highest BCUT2D eigenvalue weighted by Crippen LogP contribution is 2.18. The maximum atomic E-state index is 10.6. The molecule has 0 radical (unpaired) electrons. The summed E-state index contributed by atoms with van der Waals surface area (Å²) in [7, 11) is 0. The number of carbonyl (C=O) groups is 1. The molecule has 8 heteroatoms. The van der Waals surface area contributed by atoms with E-state index >= 15 is 0 Å². The Morgan fingerprint density at radius 2 is 2.33 bits per heavy atom. The van der Waals surface area contributed by atoms with Crippen LogP contribution in [0.15, 0.2) is 12.1 Å². The van der Waals surface area contributed by atoms with Crippen LogP contribution in [0.2, 0.25) is 0 Å². The van der Waals surface area contributed by atoms with E-state index in [-0.39, 0.29) is 18.2 Å². The smallest absolute Gasteiger partial charge is 0.404 e. The topological polar surface area (TPSA) is 115 Å². The summed E-state index contributed by atoms with van der Waals surface area (Å²) < 4.78 is 5.20. The zero-order valence-electron chi connectivity index (χ0n) is 9.91. The summed E-state index contributed by atoms with van der Waals surface area (Å²) in [6.07, 6.45) is -1.16. The Labute approximate surface area is 103 Å². The lowest BCUT2D eigenvalue weighted by Gasteiger charge is -2.12. The number of nitrogens with one attached hydrogen (secondary N) is 1. The largest absolute Gasteiger partial charge is 0.475 e. The maximum absolute atomic E-state index is 10.6. The van der Waals surface area contributed by atoms with E-state index in [1.807, 2.05) is 0 Å². The molecule has 1 aromatic heterocycles. The van der Waals surface area contributed by atoms with Crippen molar-refractivity contribution in [3.8, 4) is 5.88 Å². The lowest BCUT2D eigenvalue weighted by atomic mass is 10.3. The number of hydrogen-bond donors (Lipinski definition) is 2. The molecule has 2 N–H and O–H groups in total. The molecule has 0 fully saturated rings. The molecule has 1 amide bonds. The van der Waals surface area contributed by atoms with Crippen molar-refractivity contribution < 1.29 is 19.6 Å². The first-order valence-corrected chi connectivity index (χ1v) is 5.14. The first kappa shape index (κ1) is 13.7. The average molecular weight is 255 g/mol. The molecule has 0 aliphatic rings. The van der Waals surface area contributed by atoms with Gasteiger partial charge in [-0.1, -0.05) is 0 Å². The molecule has 1 rings (SSSR count). The molecule has 0 saturated carbocycles. The first-order chi connectivity index (χ1) is 8.38. The van der Waals surface area contributed by atoms with Gasteiger partial charge in [-0.3, -0.25) is 10.1 Å². The monoisotopic (exact) mass is 255 g/mol. The molecule has 18 heavy (non-hydrogen) atoms. The van der Waals surface area contributed by atoms with E-state index in [1.54, 1.807) is 13.8 Å². The van der Waals surface area contributed by atoms with Gasteiger partial charge in [-0.25, -0.2) is 9.78 Å². The zero-order chi connectivity index (χ0) is 13.7. The number of ether oxygens (including phenoxy) is 1. The molecule has 1 aromatic rings. The van der Waals surface area contributed by atoms with E-state index in [2.05, 4.69) is 10.3 Å². The van der Waals surface area contributed by atoms with Crippen LogP contribution in [0.1, 0.15) is 12.6 Å². The fourth-order valence-electron chi connectivity index (χ4n) is 1.26. The van der Waals surface area contributed by atoms with E-state index < -0.39 is 17.1 Å². The van der Waals surface area contributed by atoms with Gasteiger partial charge in [0.15, 0.2) is 0 Å². The quantitative estimate of drug-likeness (QED) is 0.606. The molecule has 0 aliphatic heterocycles.